The second-order valence-corrected chi connectivity index (χ2v) is 9.72. The van der Waals surface area contributed by atoms with Crippen molar-refractivity contribution in [3.8, 4) is 11.3 Å². The minimum absolute atomic E-state index is 0.239. The molecular weight excluding hydrogens is 498 g/mol. The molecule has 0 saturated heterocycles. The highest BCUT2D eigenvalue weighted by Gasteiger charge is 2.25. The van der Waals surface area contributed by atoms with Crippen LogP contribution < -0.4 is 11.5 Å². The van der Waals surface area contributed by atoms with Crippen LogP contribution in [0.1, 0.15) is 39.1 Å². The van der Waals surface area contributed by atoms with Crippen LogP contribution in [-0.2, 0) is 6.42 Å². The van der Waals surface area contributed by atoms with Crippen LogP contribution in [-0.4, -0.2) is 31.1 Å². The van der Waals surface area contributed by atoms with Crippen molar-refractivity contribution < 1.29 is 4.79 Å². The summed E-state index contributed by atoms with van der Waals surface area (Å²) in [6.07, 6.45) is 0.642. The third-order valence-electron chi connectivity index (χ3n) is 6.76. The Bertz CT molecular complexity index is 1820. The lowest BCUT2D eigenvalue weighted by Crippen LogP contribution is -2.12. The number of primary amides is 1. The predicted octanol–water partition coefficient (Wildman–Crippen LogP) is 5.52. The van der Waals surface area contributed by atoms with Crippen molar-refractivity contribution in [2.75, 3.05) is 5.73 Å². The van der Waals surface area contributed by atoms with Crippen LogP contribution in [0.25, 0.3) is 32.9 Å². The number of amides is 1. The number of pyridine rings is 1. The Labute approximate surface area is 223 Å². The van der Waals surface area contributed by atoms with Gasteiger partial charge in [0.1, 0.15) is 16.7 Å². The predicted molar refractivity (Wildman–Crippen MR) is 150 cm³/mol. The van der Waals surface area contributed by atoms with Crippen molar-refractivity contribution >= 4 is 45.0 Å². The van der Waals surface area contributed by atoms with Crippen molar-refractivity contribution in [1.29, 1.82) is 0 Å². The molecule has 0 fully saturated rings. The summed E-state index contributed by atoms with van der Waals surface area (Å²) in [6.45, 7) is 1.94. The van der Waals surface area contributed by atoms with Gasteiger partial charge in [-0.05, 0) is 54.6 Å². The topological polar surface area (TPSA) is 139 Å². The van der Waals surface area contributed by atoms with Gasteiger partial charge < -0.3 is 16.5 Å². The van der Waals surface area contributed by atoms with Gasteiger partial charge in [-0.1, -0.05) is 54.1 Å². The third-order valence-corrected chi connectivity index (χ3v) is 7.03. The van der Waals surface area contributed by atoms with E-state index in [2.05, 4.69) is 27.3 Å². The number of aromatic amines is 2. The number of aryl methyl sites for hydroxylation is 1. The first-order chi connectivity index (χ1) is 18.4. The quantitative estimate of drug-likeness (QED) is 0.228. The molecule has 0 unspecified atom stereocenters. The number of nitrogens with zero attached hydrogens (tertiary/aromatic N) is 3. The van der Waals surface area contributed by atoms with Gasteiger partial charge in [-0.3, -0.25) is 14.9 Å². The SMILES string of the molecule is Cc1cc2cc(C(N)=O)ccc2c([C@H](Cc2ccccc2)c2nc(-c3ccc4c(N)n[nH]c4c3)c(Cl)[nH]2)n1. The minimum Gasteiger partial charge on any atom is -0.382 e. The highest BCUT2D eigenvalue weighted by atomic mass is 35.5. The zero-order chi connectivity index (χ0) is 26.4. The molecule has 0 spiro atoms. The van der Waals surface area contributed by atoms with Crippen molar-refractivity contribution in [3.63, 3.8) is 0 Å². The maximum absolute atomic E-state index is 11.8. The standard InChI is InChI=1S/C29H24ClN7O/c1-15-11-19-13-18(28(32)38)8-9-20(19)25(33-15)22(12-16-5-3-2-4-6-16)29-34-24(26(30)35-29)17-7-10-21-23(14-17)36-37-27(21)31/h2-11,13-14,22H,12H2,1H3,(H2,32,38)(H,34,35)(H3,31,36,37)/t22-/m0/s1. The third kappa shape index (κ3) is 4.25. The van der Waals surface area contributed by atoms with E-state index in [1.54, 1.807) is 12.1 Å². The molecule has 9 heteroatoms. The van der Waals surface area contributed by atoms with E-state index in [0.29, 0.717) is 34.5 Å². The second-order valence-electron chi connectivity index (χ2n) is 9.35. The number of aromatic nitrogens is 5. The summed E-state index contributed by atoms with van der Waals surface area (Å²) in [6, 6.07) is 23.3. The van der Waals surface area contributed by atoms with E-state index in [1.807, 2.05) is 55.5 Å². The van der Waals surface area contributed by atoms with Crippen molar-refractivity contribution in [2.24, 2.45) is 5.73 Å². The van der Waals surface area contributed by atoms with Gasteiger partial charge in [0.05, 0.1) is 17.1 Å². The number of H-pyrrole nitrogens is 2. The Morgan fingerprint density at radius 1 is 1.00 bits per heavy atom. The van der Waals surface area contributed by atoms with Crippen molar-refractivity contribution in [3.05, 3.63) is 106 Å². The molecule has 6 aromatic rings. The number of hydrogen-bond acceptors (Lipinski definition) is 5. The molecule has 0 aliphatic heterocycles. The van der Waals surface area contributed by atoms with Crippen LogP contribution in [0.15, 0.2) is 72.8 Å². The number of benzene rings is 3. The molecule has 38 heavy (non-hydrogen) atoms. The van der Waals surface area contributed by atoms with E-state index >= 15 is 0 Å². The lowest BCUT2D eigenvalue weighted by molar-refractivity contribution is 0.100. The number of anilines is 1. The lowest BCUT2D eigenvalue weighted by atomic mass is 9.91. The Kier molecular flexibility index (Phi) is 5.81. The minimum atomic E-state index is -0.470. The Balaban J connectivity index is 1.51. The number of nitrogens with two attached hydrogens (primary N) is 2. The maximum atomic E-state index is 11.8. The van der Waals surface area contributed by atoms with Gasteiger partial charge in [0.15, 0.2) is 5.82 Å². The highest BCUT2D eigenvalue weighted by Crippen LogP contribution is 2.36. The van der Waals surface area contributed by atoms with Crippen molar-refractivity contribution in [2.45, 2.75) is 19.3 Å². The van der Waals surface area contributed by atoms with E-state index in [1.165, 1.54) is 0 Å². The Morgan fingerprint density at radius 2 is 1.79 bits per heavy atom. The zero-order valence-electron chi connectivity index (χ0n) is 20.5. The van der Waals surface area contributed by atoms with E-state index < -0.39 is 5.91 Å². The van der Waals surface area contributed by atoms with Crippen LogP contribution in [0.2, 0.25) is 5.15 Å². The first-order valence-corrected chi connectivity index (χ1v) is 12.5. The summed E-state index contributed by atoms with van der Waals surface area (Å²) in [7, 11) is 0. The summed E-state index contributed by atoms with van der Waals surface area (Å²) < 4.78 is 0. The molecule has 3 heterocycles. The fourth-order valence-corrected chi connectivity index (χ4v) is 5.18. The van der Waals surface area contributed by atoms with Gasteiger partial charge in [-0.2, -0.15) is 5.10 Å². The monoisotopic (exact) mass is 521 g/mol. The summed E-state index contributed by atoms with van der Waals surface area (Å²) in [5, 5.41) is 10.1. The molecule has 6 rings (SSSR count). The summed E-state index contributed by atoms with van der Waals surface area (Å²) >= 11 is 6.74. The van der Waals surface area contributed by atoms with E-state index in [0.717, 1.165) is 44.2 Å². The van der Waals surface area contributed by atoms with Crippen LogP contribution in [0.4, 0.5) is 5.82 Å². The van der Waals surface area contributed by atoms with Crippen LogP contribution in [0, 0.1) is 6.92 Å². The molecule has 0 saturated carbocycles. The molecule has 0 bridgehead atoms. The van der Waals surface area contributed by atoms with Crippen LogP contribution in [0.5, 0.6) is 0 Å². The number of carbonyl (C=O) groups is 1. The van der Waals surface area contributed by atoms with E-state index in [4.69, 9.17) is 33.0 Å². The average molecular weight is 522 g/mol. The number of carbonyl (C=O) groups excluding carboxylic acids is 1. The number of rotatable bonds is 6. The Hall–Kier alpha value is -4.69. The maximum Gasteiger partial charge on any atom is 0.248 e. The van der Waals surface area contributed by atoms with Gasteiger partial charge in [0.2, 0.25) is 5.91 Å². The highest BCUT2D eigenvalue weighted by molar-refractivity contribution is 6.32. The van der Waals surface area contributed by atoms with Gasteiger partial charge in [0, 0.05) is 27.6 Å². The number of nitrogens with one attached hydrogen (secondary N) is 2. The molecule has 8 nitrogen and oxygen atoms in total. The molecule has 0 radical (unpaired) electrons. The molecule has 3 aromatic heterocycles. The van der Waals surface area contributed by atoms with Crippen LogP contribution >= 0.6 is 11.6 Å². The smallest absolute Gasteiger partial charge is 0.248 e. The second kappa shape index (κ2) is 9.32. The molecule has 1 atom stereocenters. The number of imidazole rings is 1. The first kappa shape index (κ1) is 23.7. The molecule has 1 amide bonds. The summed E-state index contributed by atoms with van der Waals surface area (Å²) in [4.78, 5) is 25.1. The lowest BCUT2D eigenvalue weighted by Gasteiger charge is -2.18. The number of fused-ring (bicyclic) bond motifs is 2. The van der Waals surface area contributed by atoms with Gasteiger partial charge in [-0.15, -0.1) is 0 Å². The molecule has 0 aliphatic carbocycles. The largest absolute Gasteiger partial charge is 0.382 e. The molecule has 6 N–H and O–H groups in total. The molecule has 3 aromatic carbocycles. The van der Waals surface area contributed by atoms with E-state index in [9.17, 15) is 4.79 Å². The van der Waals surface area contributed by atoms with Crippen LogP contribution in [0.3, 0.4) is 0 Å². The Morgan fingerprint density at radius 3 is 2.58 bits per heavy atom. The number of hydrogen-bond donors (Lipinski definition) is 4. The fourth-order valence-electron chi connectivity index (χ4n) is 4.93. The summed E-state index contributed by atoms with van der Waals surface area (Å²) in [5.74, 6) is 0.427. The number of nitrogen functional groups attached to an aromatic ring is 1. The molecule has 0 aliphatic rings. The van der Waals surface area contributed by atoms with Gasteiger partial charge in [-0.25, -0.2) is 4.98 Å². The normalized spacial score (nSPS) is 12.3. The average Bonchev–Trinajstić information content (AvgIpc) is 3.48. The number of halogens is 1. The summed E-state index contributed by atoms with van der Waals surface area (Å²) in [5.41, 5.74) is 17.0. The van der Waals surface area contributed by atoms with Crippen molar-refractivity contribution in [1.82, 2.24) is 25.1 Å². The molecule has 188 valence electrons. The first-order valence-electron chi connectivity index (χ1n) is 12.1. The van der Waals surface area contributed by atoms with E-state index in [-0.39, 0.29) is 5.92 Å². The van der Waals surface area contributed by atoms with Gasteiger partial charge in [0.25, 0.3) is 0 Å². The molecular formula is C29H24ClN7O. The fraction of sp³-hybridized carbons (Fsp3) is 0.103. The van der Waals surface area contributed by atoms with Gasteiger partial charge >= 0.3 is 0 Å². The zero-order valence-corrected chi connectivity index (χ0v) is 21.3.